The van der Waals surface area contributed by atoms with Crippen molar-refractivity contribution in [1.82, 2.24) is 4.31 Å². The summed E-state index contributed by atoms with van der Waals surface area (Å²) in [6.07, 6.45) is 2.74. The summed E-state index contributed by atoms with van der Waals surface area (Å²) in [5.74, 6) is -0.292. The largest absolute Gasteiger partial charge is 0.372 e. The predicted molar refractivity (Wildman–Crippen MR) is 105 cm³/mol. The van der Waals surface area contributed by atoms with Crippen LogP contribution in [0.5, 0.6) is 0 Å². The molecule has 0 aromatic heterocycles. The summed E-state index contributed by atoms with van der Waals surface area (Å²) in [4.78, 5) is 23.0. The summed E-state index contributed by atoms with van der Waals surface area (Å²) in [5, 5.41) is 13.8. The van der Waals surface area contributed by atoms with E-state index < -0.39 is 14.9 Å². The van der Waals surface area contributed by atoms with Gasteiger partial charge >= 0.3 is 0 Å². The number of nitro groups is 1. The molecule has 9 heteroatoms. The summed E-state index contributed by atoms with van der Waals surface area (Å²) in [6, 6.07) is 11.9. The van der Waals surface area contributed by atoms with Crippen molar-refractivity contribution in [2.45, 2.75) is 24.2 Å². The Morgan fingerprint density at radius 1 is 1.04 bits per heavy atom. The predicted octanol–water partition coefficient (Wildman–Crippen LogP) is 3.06. The van der Waals surface area contributed by atoms with Crippen molar-refractivity contribution >= 4 is 27.2 Å². The van der Waals surface area contributed by atoms with Gasteiger partial charge in [0, 0.05) is 24.7 Å². The number of benzene rings is 2. The first-order chi connectivity index (χ1) is 13.4. The van der Waals surface area contributed by atoms with Gasteiger partial charge in [-0.2, -0.15) is 4.31 Å². The Balaban J connectivity index is 1.68. The molecule has 0 unspecified atom stereocenters. The Morgan fingerprint density at radius 3 is 2.32 bits per heavy atom. The number of carbonyl (C=O) groups excluding carboxylic acids is 1. The van der Waals surface area contributed by atoms with Crippen molar-refractivity contribution in [2.75, 3.05) is 25.0 Å². The maximum atomic E-state index is 12.6. The molecule has 0 atom stereocenters. The summed E-state index contributed by atoms with van der Waals surface area (Å²) in [6.45, 7) is 0.897. The van der Waals surface area contributed by atoms with Crippen LogP contribution in [-0.4, -0.2) is 43.1 Å². The second kappa shape index (κ2) is 8.49. The van der Waals surface area contributed by atoms with Gasteiger partial charge in [-0.3, -0.25) is 14.9 Å². The molecule has 28 heavy (non-hydrogen) atoms. The minimum absolute atomic E-state index is 0.113. The number of ketones is 1. The molecule has 0 amide bonds. The van der Waals surface area contributed by atoms with Gasteiger partial charge in [0.05, 0.1) is 16.4 Å². The molecule has 1 aliphatic heterocycles. The number of anilines is 1. The van der Waals surface area contributed by atoms with Crippen LogP contribution in [0.2, 0.25) is 0 Å². The molecule has 0 bridgehead atoms. The van der Waals surface area contributed by atoms with Crippen LogP contribution in [-0.2, 0) is 10.0 Å². The van der Waals surface area contributed by atoms with Crippen LogP contribution in [0, 0.1) is 10.1 Å². The Morgan fingerprint density at radius 2 is 1.68 bits per heavy atom. The molecule has 148 valence electrons. The number of rotatable bonds is 7. The minimum atomic E-state index is -3.54. The van der Waals surface area contributed by atoms with Crippen LogP contribution in [0.3, 0.4) is 0 Å². The topological polar surface area (TPSA) is 110 Å². The summed E-state index contributed by atoms with van der Waals surface area (Å²) < 4.78 is 26.8. The SMILES string of the molecule is O=C(CNc1ccccc1[N+](=O)[O-])c1ccc(S(=O)(=O)N2CCCCC2)cc1. The fraction of sp³-hybridized carbons (Fsp3) is 0.316. The van der Waals surface area contributed by atoms with E-state index in [-0.39, 0.29) is 28.6 Å². The molecule has 1 aliphatic rings. The molecule has 8 nitrogen and oxygen atoms in total. The van der Waals surface area contributed by atoms with Crippen molar-refractivity contribution in [3.63, 3.8) is 0 Å². The third-order valence-electron chi connectivity index (χ3n) is 4.67. The Bertz CT molecular complexity index is 967. The normalized spacial score (nSPS) is 15.1. The molecule has 1 N–H and O–H groups in total. The maximum Gasteiger partial charge on any atom is 0.292 e. The van der Waals surface area contributed by atoms with Gasteiger partial charge in [0.2, 0.25) is 10.0 Å². The van der Waals surface area contributed by atoms with E-state index in [1.165, 1.54) is 40.7 Å². The number of nitrogens with one attached hydrogen (secondary N) is 1. The van der Waals surface area contributed by atoms with Crippen LogP contribution in [0.4, 0.5) is 11.4 Å². The molecular formula is C19H21N3O5S. The first-order valence-electron chi connectivity index (χ1n) is 9.00. The lowest BCUT2D eigenvalue weighted by Gasteiger charge is -2.25. The van der Waals surface area contributed by atoms with Gasteiger partial charge in [-0.15, -0.1) is 0 Å². The lowest BCUT2D eigenvalue weighted by molar-refractivity contribution is -0.383. The van der Waals surface area contributed by atoms with Crippen LogP contribution in [0.15, 0.2) is 53.4 Å². The molecule has 0 saturated carbocycles. The number of carbonyl (C=O) groups is 1. The average molecular weight is 403 g/mol. The van der Waals surface area contributed by atoms with Gasteiger partial charge in [-0.1, -0.05) is 18.6 Å². The van der Waals surface area contributed by atoms with Crippen LogP contribution >= 0.6 is 0 Å². The minimum Gasteiger partial charge on any atom is -0.372 e. The maximum absolute atomic E-state index is 12.6. The molecule has 0 spiro atoms. The second-order valence-electron chi connectivity index (χ2n) is 6.54. The van der Waals surface area contributed by atoms with Crippen molar-refractivity contribution in [3.05, 3.63) is 64.2 Å². The zero-order valence-electron chi connectivity index (χ0n) is 15.2. The Hall–Kier alpha value is -2.78. The van der Waals surface area contributed by atoms with E-state index in [4.69, 9.17) is 0 Å². The number of nitrogens with zero attached hydrogens (tertiary/aromatic N) is 2. The molecule has 1 saturated heterocycles. The molecular weight excluding hydrogens is 382 g/mol. The molecule has 1 fully saturated rings. The summed E-state index contributed by atoms with van der Waals surface area (Å²) >= 11 is 0. The van der Waals surface area contributed by atoms with Gasteiger partial charge in [0.1, 0.15) is 5.69 Å². The van der Waals surface area contributed by atoms with Gasteiger partial charge < -0.3 is 5.32 Å². The van der Waals surface area contributed by atoms with Crippen LogP contribution in [0.25, 0.3) is 0 Å². The number of piperidine rings is 1. The van der Waals surface area contributed by atoms with Gasteiger partial charge in [-0.25, -0.2) is 8.42 Å². The van der Waals surface area contributed by atoms with Crippen LogP contribution in [0.1, 0.15) is 29.6 Å². The van der Waals surface area contributed by atoms with Crippen molar-refractivity contribution < 1.29 is 18.1 Å². The molecule has 1 heterocycles. The number of sulfonamides is 1. The van der Waals surface area contributed by atoms with E-state index in [0.29, 0.717) is 18.7 Å². The summed E-state index contributed by atoms with van der Waals surface area (Å²) in [7, 11) is -3.54. The molecule has 3 rings (SSSR count). The fourth-order valence-electron chi connectivity index (χ4n) is 3.13. The Kier molecular flexibility index (Phi) is 6.05. The van der Waals surface area contributed by atoms with E-state index in [0.717, 1.165) is 19.3 Å². The van der Waals surface area contributed by atoms with Gasteiger partial charge in [-0.05, 0) is 43.2 Å². The average Bonchev–Trinajstić information content (AvgIpc) is 2.73. The Labute approximate surface area is 163 Å². The highest BCUT2D eigenvalue weighted by molar-refractivity contribution is 7.89. The summed E-state index contributed by atoms with van der Waals surface area (Å²) in [5.41, 5.74) is 0.479. The molecule has 0 aliphatic carbocycles. The molecule has 2 aromatic carbocycles. The quantitative estimate of drug-likeness (QED) is 0.432. The lowest BCUT2D eigenvalue weighted by atomic mass is 10.1. The van der Waals surface area contributed by atoms with E-state index in [1.807, 2.05) is 0 Å². The standard InChI is InChI=1S/C19H21N3O5S/c23-19(14-20-17-6-2-3-7-18(17)22(24)25)15-8-10-16(11-9-15)28(26,27)21-12-4-1-5-13-21/h2-3,6-11,20H,1,4-5,12-14H2. The van der Waals surface area contributed by atoms with E-state index in [2.05, 4.69) is 5.32 Å². The van der Waals surface area contributed by atoms with E-state index in [1.54, 1.807) is 12.1 Å². The highest BCUT2D eigenvalue weighted by Gasteiger charge is 2.26. The van der Waals surface area contributed by atoms with Crippen molar-refractivity contribution in [3.8, 4) is 0 Å². The van der Waals surface area contributed by atoms with Crippen molar-refractivity contribution in [1.29, 1.82) is 0 Å². The number of Topliss-reactive ketones (excluding diaryl/α,β-unsaturated/α-hetero) is 1. The number of hydrogen-bond donors (Lipinski definition) is 1. The number of hydrogen-bond acceptors (Lipinski definition) is 6. The smallest absolute Gasteiger partial charge is 0.292 e. The lowest BCUT2D eigenvalue weighted by Crippen LogP contribution is -2.35. The second-order valence-corrected chi connectivity index (χ2v) is 8.48. The third kappa shape index (κ3) is 4.37. The van der Waals surface area contributed by atoms with Gasteiger partial charge in [0.15, 0.2) is 5.78 Å². The zero-order chi connectivity index (χ0) is 20.1. The van der Waals surface area contributed by atoms with Crippen molar-refractivity contribution in [2.24, 2.45) is 0 Å². The van der Waals surface area contributed by atoms with E-state index >= 15 is 0 Å². The van der Waals surface area contributed by atoms with Crippen LogP contribution < -0.4 is 5.32 Å². The fourth-order valence-corrected chi connectivity index (χ4v) is 4.64. The first kappa shape index (κ1) is 20.0. The third-order valence-corrected chi connectivity index (χ3v) is 6.58. The zero-order valence-corrected chi connectivity index (χ0v) is 16.0. The highest BCUT2D eigenvalue weighted by atomic mass is 32.2. The number of nitro benzene ring substituents is 1. The van der Waals surface area contributed by atoms with E-state index in [9.17, 15) is 23.3 Å². The highest BCUT2D eigenvalue weighted by Crippen LogP contribution is 2.24. The van der Waals surface area contributed by atoms with Gasteiger partial charge in [0.25, 0.3) is 5.69 Å². The monoisotopic (exact) mass is 403 g/mol. The molecule has 0 radical (unpaired) electrons. The first-order valence-corrected chi connectivity index (χ1v) is 10.4. The number of para-hydroxylation sites is 2. The molecule has 2 aromatic rings.